The minimum atomic E-state index is 0.488. The molecule has 0 aromatic carbocycles. The highest BCUT2D eigenvalue weighted by molar-refractivity contribution is 7.11. The second kappa shape index (κ2) is 6.70. The molecule has 0 radical (unpaired) electrons. The molecule has 0 spiro atoms. The van der Waals surface area contributed by atoms with Gasteiger partial charge in [0, 0.05) is 17.5 Å². The van der Waals surface area contributed by atoms with Crippen molar-refractivity contribution in [2.75, 3.05) is 6.54 Å². The van der Waals surface area contributed by atoms with Crippen molar-refractivity contribution in [3.63, 3.8) is 0 Å². The second-order valence-electron chi connectivity index (χ2n) is 4.72. The van der Waals surface area contributed by atoms with Crippen LogP contribution in [-0.2, 0) is 6.54 Å². The van der Waals surface area contributed by atoms with E-state index in [0.717, 1.165) is 36.0 Å². The van der Waals surface area contributed by atoms with Crippen molar-refractivity contribution in [1.82, 2.24) is 15.6 Å². The monoisotopic (exact) mass is 278 g/mol. The number of aromatic nitrogens is 1. The van der Waals surface area contributed by atoms with Crippen molar-refractivity contribution < 1.29 is 0 Å². The maximum atomic E-state index is 4.66. The predicted molar refractivity (Wildman–Crippen MR) is 81.7 cm³/mol. The summed E-state index contributed by atoms with van der Waals surface area (Å²) in [5.74, 6) is 0.904. The molecule has 0 atom stereocenters. The Morgan fingerprint density at radius 2 is 2.16 bits per heavy atom. The zero-order chi connectivity index (χ0) is 13.7. The fourth-order valence-electron chi connectivity index (χ4n) is 2.12. The first-order chi connectivity index (χ1) is 9.19. The number of thiazole rings is 1. The lowest BCUT2D eigenvalue weighted by Gasteiger charge is -2.16. The summed E-state index contributed by atoms with van der Waals surface area (Å²) < 4.78 is 0. The number of rotatable bonds is 4. The van der Waals surface area contributed by atoms with Gasteiger partial charge in [-0.15, -0.1) is 11.3 Å². The molecule has 0 aliphatic heterocycles. The van der Waals surface area contributed by atoms with Gasteiger partial charge in [0.1, 0.15) is 0 Å². The maximum Gasteiger partial charge on any atom is 0.191 e. The summed E-state index contributed by atoms with van der Waals surface area (Å²) in [6.45, 7) is 7.76. The molecular formula is C14H22N4S. The molecule has 4 nitrogen and oxygen atoms in total. The molecule has 0 bridgehead atoms. The third kappa shape index (κ3) is 4.06. The van der Waals surface area contributed by atoms with E-state index < -0.39 is 0 Å². The van der Waals surface area contributed by atoms with Gasteiger partial charge < -0.3 is 10.6 Å². The molecule has 2 rings (SSSR count). The standard InChI is InChI=1S/C14H22N4S/c1-4-15-14(18-12-7-5-6-8-12)16-9-13-10(2)17-11(3)19-13/h5-6,12H,4,7-9H2,1-3H3,(H2,15,16,18). The smallest absolute Gasteiger partial charge is 0.191 e. The van der Waals surface area contributed by atoms with E-state index in [0.29, 0.717) is 12.6 Å². The van der Waals surface area contributed by atoms with Crippen molar-refractivity contribution >= 4 is 17.3 Å². The van der Waals surface area contributed by atoms with Crippen molar-refractivity contribution in [3.05, 3.63) is 27.7 Å². The van der Waals surface area contributed by atoms with Crippen LogP contribution in [0.25, 0.3) is 0 Å². The molecule has 0 fully saturated rings. The van der Waals surface area contributed by atoms with Crippen LogP contribution < -0.4 is 10.6 Å². The van der Waals surface area contributed by atoms with E-state index in [1.807, 2.05) is 6.92 Å². The number of hydrogen-bond donors (Lipinski definition) is 2. The Bertz CT molecular complexity index is 468. The maximum absolute atomic E-state index is 4.66. The molecule has 5 heteroatoms. The summed E-state index contributed by atoms with van der Waals surface area (Å²) in [5.41, 5.74) is 1.10. The number of nitrogens with zero attached hydrogens (tertiary/aromatic N) is 2. The fourth-order valence-corrected chi connectivity index (χ4v) is 2.98. The Morgan fingerprint density at radius 1 is 1.42 bits per heavy atom. The zero-order valence-corrected chi connectivity index (χ0v) is 12.7. The molecule has 0 unspecified atom stereocenters. The Kier molecular flexibility index (Phi) is 4.96. The number of aliphatic imine (C=N–C) groups is 1. The minimum absolute atomic E-state index is 0.488. The molecule has 1 aliphatic rings. The number of hydrogen-bond acceptors (Lipinski definition) is 3. The van der Waals surface area contributed by atoms with Crippen LogP contribution in [-0.4, -0.2) is 23.5 Å². The molecule has 104 valence electrons. The summed E-state index contributed by atoms with van der Waals surface area (Å²) in [5, 5.41) is 7.89. The molecule has 1 heterocycles. The van der Waals surface area contributed by atoms with Gasteiger partial charge in [0.15, 0.2) is 5.96 Å². The van der Waals surface area contributed by atoms with E-state index in [9.17, 15) is 0 Å². The summed E-state index contributed by atoms with van der Waals surface area (Å²) >= 11 is 1.73. The van der Waals surface area contributed by atoms with Crippen LogP contribution in [0.5, 0.6) is 0 Å². The number of guanidine groups is 1. The lowest BCUT2D eigenvalue weighted by Crippen LogP contribution is -2.42. The molecule has 1 aliphatic carbocycles. The molecular weight excluding hydrogens is 256 g/mol. The Morgan fingerprint density at radius 3 is 2.74 bits per heavy atom. The van der Waals surface area contributed by atoms with E-state index in [4.69, 9.17) is 0 Å². The van der Waals surface area contributed by atoms with Gasteiger partial charge in [0.05, 0.1) is 17.2 Å². The van der Waals surface area contributed by atoms with Gasteiger partial charge >= 0.3 is 0 Å². The highest BCUT2D eigenvalue weighted by Crippen LogP contribution is 2.18. The summed E-state index contributed by atoms with van der Waals surface area (Å²) in [7, 11) is 0. The number of nitrogens with one attached hydrogen (secondary N) is 2. The van der Waals surface area contributed by atoms with Crippen molar-refractivity contribution in [1.29, 1.82) is 0 Å². The Hall–Kier alpha value is -1.36. The van der Waals surface area contributed by atoms with Crippen LogP contribution in [0.4, 0.5) is 0 Å². The van der Waals surface area contributed by atoms with Crippen LogP contribution in [0.15, 0.2) is 17.1 Å². The molecule has 0 amide bonds. The SMILES string of the molecule is CCNC(=NCc1sc(C)nc1C)NC1CC=CC1. The highest BCUT2D eigenvalue weighted by atomic mass is 32.1. The topological polar surface area (TPSA) is 49.3 Å². The lowest BCUT2D eigenvalue weighted by atomic mass is 10.2. The molecule has 1 aromatic heterocycles. The van der Waals surface area contributed by atoms with E-state index in [1.165, 1.54) is 4.88 Å². The van der Waals surface area contributed by atoms with Gasteiger partial charge in [0.2, 0.25) is 0 Å². The number of aryl methyl sites for hydroxylation is 2. The van der Waals surface area contributed by atoms with E-state index in [1.54, 1.807) is 11.3 Å². The normalized spacial score (nSPS) is 16.1. The van der Waals surface area contributed by atoms with E-state index >= 15 is 0 Å². The molecule has 2 N–H and O–H groups in total. The van der Waals surface area contributed by atoms with E-state index in [2.05, 4.69) is 46.6 Å². The van der Waals surface area contributed by atoms with Crippen molar-refractivity contribution in [2.45, 2.75) is 46.2 Å². The van der Waals surface area contributed by atoms with E-state index in [-0.39, 0.29) is 0 Å². The molecule has 0 saturated heterocycles. The van der Waals surface area contributed by atoms with Crippen LogP contribution >= 0.6 is 11.3 Å². The first-order valence-electron chi connectivity index (χ1n) is 6.81. The van der Waals surface area contributed by atoms with Crippen LogP contribution in [0, 0.1) is 13.8 Å². The summed E-state index contributed by atoms with van der Waals surface area (Å²) in [6, 6.07) is 0.488. The van der Waals surface area contributed by atoms with Crippen molar-refractivity contribution in [2.24, 2.45) is 4.99 Å². The predicted octanol–water partition coefficient (Wildman–Crippen LogP) is 2.53. The largest absolute Gasteiger partial charge is 0.357 e. The molecule has 0 saturated carbocycles. The van der Waals surface area contributed by atoms with Gasteiger partial charge in [-0.3, -0.25) is 0 Å². The zero-order valence-electron chi connectivity index (χ0n) is 11.9. The van der Waals surface area contributed by atoms with Crippen LogP contribution in [0.3, 0.4) is 0 Å². The van der Waals surface area contributed by atoms with Gasteiger partial charge in [-0.1, -0.05) is 12.2 Å². The minimum Gasteiger partial charge on any atom is -0.357 e. The first kappa shape index (κ1) is 14.1. The van der Waals surface area contributed by atoms with Crippen molar-refractivity contribution in [3.8, 4) is 0 Å². The summed E-state index contributed by atoms with van der Waals surface area (Å²) in [4.78, 5) is 10.3. The third-order valence-electron chi connectivity index (χ3n) is 3.07. The highest BCUT2D eigenvalue weighted by Gasteiger charge is 2.12. The van der Waals surface area contributed by atoms with Crippen LogP contribution in [0.2, 0.25) is 0 Å². The third-order valence-corrected chi connectivity index (χ3v) is 4.13. The fraction of sp³-hybridized carbons (Fsp3) is 0.571. The average Bonchev–Trinajstić information content (AvgIpc) is 2.97. The lowest BCUT2D eigenvalue weighted by molar-refractivity contribution is 0.633. The van der Waals surface area contributed by atoms with Gasteiger partial charge in [-0.2, -0.15) is 0 Å². The van der Waals surface area contributed by atoms with Gasteiger partial charge in [-0.05, 0) is 33.6 Å². The second-order valence-corrected chi connectivity index (χ2v) is 6.01. The first-order valence-corrected chi connectivity index (χ1v) is 7.63. The quantitative estimate of drug-likeness (QED) is 0.505. The Balaban J connectivity index is 1.97. The molecule has 19 heavy (non-hydrogen) atoms. The molecule has 1 aromatic rings. The summed E-state index contributed by atoms with van der Waals surface area (Å²) in [6.07, 6.45) is 6.61. The average molecular weight is 278 g/mol. The van der Waals surface area contributed by atoms with Gasteiger partial charge in [0.25, 0.3) is 0 Å². The Labute approximate surface area is 119 Å². The van der Waals surface area contributed by atoms with Gasteiger partial charge in [-0.25, -0.2) is 9.98 Å². The van der Waals surface area contributed by atoms with Crippen LogP contribution in [0.1, 0.15) is 35.3 Å².